The maximum absolute atomic E-state index is 13.7. The molecule has 0 aliphatic carbocycles. The van der Waals surface area contributed by atoms with Crippen molar-refractivity contribution in [1.82, 2.24) is 10.2 Å². The van der Waals surface area contributed by atoms with Crippen LogP contribution in [0.3, 0.4) is 0 Å². The fourth-order valence-electron chi connectivity index (χ4n) is 3.87. The van der Waals surface area contributed by atoms with E-state index < -0.39 is 6.04 Å². The zero-order chi connectivity index (χ0) is 24.3. The number of hydrogen-bond donors (Lipinski definition) is 1. The van der Waals surface area contributed by atoms with Crippen molar-refractivity contribution >= 4 is 23.4 Å². The molecule has 0 radical (unpaired) electrons. The fourth-order valence-corrected chi connectivity index (χ4v) is 4.09. The predicted octanol–water partition coefficient (Wildman–Crippen LogP) is 5.75. The first-order valence-electron chi connectivity index (χ1n) is 11.9. The molecular weight excluding hydrogens is 444 g/mol. The van der Waals surface area contributed by atoms with Crippen molar-refractivity contribution < 1.29 is 9.59 Å². The van der Waals surface area contributed by atoms with Crippen LogP contribution in [-0.2, 0) is 29.0 Å². The highest BCUT2D eigenvalue weighted by Crippen LogP contribution is 2.18. The summed E-state index contributed by atoms with van der Waals surface area (Å²) in [7, 11) is 0. The van der Waals surface area contributed by atoms with Gasteiger partial charge in [0.25, 0.3) is 0 Å². The molecule has 1 N–H and O–H groups in total. The quantitative estimate of drug-likeness (QED) is 0.358. The van der Waals surface area contributed by atoms with Crippen LogP contribution in [0.4, 0.5) is 0 Å². The van der Waals surface area contributed by atoms with Gasteiger partial charge in [-0.15, -0.1) is 0 Å². The van der Waals surface area contributed by atoms with Crippen molar-refractivity contribution in [1.29, 1.82) is 0 Å². The average Bonchev–Trinajstić information content (AvgIpc) is 2.83. The smallest absolute Gasteiger partial charge is 0.243 e. The van der Waals surface area contributed by atoms with Crippen molar-refractivity contribution in [3.8, 4) is 0 Å². The summed E-state index contributed by atoms with van der Waals surface area (Å²) in [5.41, 5.74) is 3.99. The Labute approximate surface area is 207 Å². The van der Waals surface area contributed by atoms with Crippen molar-refractivity contribution in [2.75, 3.05) is 6.54 Å². The van der Waals surface area contributed by atoms with E-state index in [0.29, 0.717) is 24.5 Å². The summed E-state index contributed by atoms with van der Waals surface area (Å²) in [5, 5.41) is 3.64. The lowest BCUT2D eigenvalue weighted by Gasteiger charge is -2.32. The minimum atomic E-state index is -0.618. The predicted molar refractivity (Wildman–Crippen MR) is 139 cm³/mol. The number of amides is 2. The average molecular weight is 477 g/mol. The zero-order valence-corrected chi connectivity index (χ0v) is 20.7. The molecule has 3 aromatic rings. The number of carbonyl (C=O) groups is 2. The van der Waals surface area contributed by atoms with Crippen LogP contribution in [0.2, 0.25) is 5.02 Å². The molecule has 4 nitrogen and oxygen atoms in total. The van der Waals surface area contributed by atoms with Crippen molar-refractivity contribution in [3.05, 3.63) is 106 Å². The Morgan fingerprint density at radius 2 is 1.62 bits per heavy atom. The Morgan fingerprint density at radius 3 is 2.29 bits per heavy atom. The molecule has 0 fully saturated rings. The molecule has 3 rings (SSSR count). The third kappa shape index (κ3) is 7.74. The number of nitrogens with one attached hydrogen (secondary N) is 1. The molecule has 5 heteroatoms. The van der Waals surface area contributed by atoms with E-state index in [2.05, 4.69) is 12.2 Å². The summed E-state index contributed by atoms with van der Waals surface area (Å²) in [5.74, 6) is -0.224. The summed E-state index contributed by atoms with van der Waals surface area (Å²) < 4.78 is 0. The molecule has 0 aliphatic rings. The van der Waals surface area contributed by atoms with E-state index in [1.807, 2.05) is 73.7 Å². The Bertz CT molecular complexity index is 1070. The molecule has 0 heterocycles. The van der Waals surface area contributed by atoms with Crippen LogP contribution in [0.15, 0.2) is 78.9 Å². The Hall–Kier alpha value is -3.11. The van der Waals surface area contributed by atoms with Gasteiger partial charge in [-0.2, -0.15) is 0 Å². The minimum absolute atomic E-state index is 0.102. The lowest BCUT2D eigenvalue weighted by Crippen LogP contribution is -2.51. The number of aryl methyl sites for hydroxylation is 1. The number of halogens is 1. The van der Waals surface area contributed by atoms with E-state index >= 15 is 0 Å². The first-order chi connectivity index (χ1) is 16.5. The number of benzene rings is 3. The van der Waals surface area contributed by atoms with Crippen molar-refractivity contribution in [3.63, 3.8) is 0 Å². The largest absolute Gasteiger partial charge is 0.354 e. The summed E-state index contributed by atoms with van der Waals surface area (Å²) in [6, 6.07) is 24.7. The van der Waals surface area contributed by atoms with E-state index in [1.54, 1.807) is 17.0 Å². The SMILES string of the molecule is CCCCNC(=O)[C@H](Cc1ccccc1)N(Cc1ccc(C)cc1)C(=O)Cc1cccc(Cl)c1. The molecule has 178 valence electrons. The minimum Gasteiger partial charge on any atom is -0.354 e. The molecule has 0 aromatic heterocycles. The molecular formula is C29H33ClN2O2. The molecule has 1 atom stereocenters. The lowest BCUT2D eigenvalue weighted by molar-refractivity contribution is -0.140. The lowest BCUT2D eigenvalue weighted by atomic mass is 10.0. The van der Waals surface area contributed by atoms with Gasteiger partial charge >= 0.3 is 0 Å². The van der Waals surface area contributed by atoms with Gasteiger partial charge in [-0.1, -0.05) is 97.2 Å². The number of carbonyl (C=O) groups excluding carboxylic acids is 2. The van der Waals surface area contributed by atoms with E-state index in [-0.39, 0.29) is 18.2 Å². The van der Waals surface area contributed by atoms with Gasteiger partial charge in [0.2, 0.25) is 11.8 Å². The van der Waals surface area contributed by atoms with Gasteiger partial charge < -0.3 is 10.2 Å². The number of unbranched alkanes of at least 4 members (excludes halogenated alkanes) is 1. The van der Waals surface area contributed by atoms with Gasteiger partial charge in [0.15, 0.2) is 0 Å². The topological polar surface area (TPSA) is 49.4 Å². The standard InChI is InChI=1S/C29H33ClN2O2/c1-3-4-17-31-29(34)27(19-23-9-6-5-7-10-23)32(21-24-15-13-22(2)14-16-24)28(33)20-25-11-8-12-26(30)18-25/h5-16,18,27H,3-4,17,19-21H2,1-2H3,(H,31,34)/t27-/m0/s1. The molecule has 0 unspecified atom stereocenters. The maximum Gasteiger partial charge on any atom is 0.243 e. The van der Waals surface area contributed by atoms with E-state index in [0.717, 1.165) is 35.1 Å². The van der Waals surface area contributed by atoms with Gasteiger partial charge in [-0.3, -0.25) is 9.59 Å². The van der Waals surface area contributed by atoms with Crippen molar-refractivity contribution in [2.24, 2.45) is 0 Å². The molecule has 2 amide bonds. The molecule has 0 saturated heterocycles. The first kappa shape index (κ1) is 25.5. The second kappa shape index (κ2) is 13.0. The highest BCUT2D eigenvalue weighted by atomic mass is 35.5. The number of nitrogens with zero attached hydrogens (tertiary/aromatic N) is 1. The summed E-state index contributed by atoms with van der Waals surface area (Å²) in [6.45, 7) is 5.08. The van der Waals surface area contributed by atoms with Crippen LogP contribution in [0.5, 0.6) is 0 Å². The molecule has 0 aliphatic heterocycles. The monoisotopic (exact) mass is 476 g/mol. The van der Waals surface area contributed by atoms with Crippen LogP contribution in [0.25, 0.3) is 0 Å². The van der Waals surface area contributed by atoms with E-state index in [1.165, 1.54) is 0 Å². The number of rotatable bonds is 11. The van der Waals surface area contributed by atoms with E-state index in [4.69, 9.17) is 11.6 Å². The van der Waals surface area contributed by atoms with Gasteiger partial charge in [0, 0.05) is 24.5 Å². The van der Waals surface area contributed by atoms with Crippen LogP contribution in [0, 0.1) is 6.92 Å². The third-order valence-corrected chi connectivity index (χ3v) is 6.05. The summed E-state index contributed by atoms with van der Waals surface area (Å²) in [4.78, 5) is 28.8. The number of hydrogen-bond acceptors (Lipinski definition) is 2. The molecule has 3 aromatic carbocycles. The van der Waals surface area contributed by atoms with Crippen LogP contribution >= 0.6 is 11.6 Å². The van der Waals surface area contributed by atoms with Gasteiger partial charge in [-0.25, -0.2) is 0 Å². The Morgan fingerprint density at radius 1 is 0.912 bits per heavy atom. The Balaban J connectivity index is 1.93. The maximum atomic E-state index is 13.7. The van der Waals surface area contributed by atoms with Crippen LogP contribution in [-0.4, -0.2) is 29.3 Å². The normalized spacial score (nSPS) is 11.6. The molecule has 0 bridgehead atoms. The first-order valence-corrected chi connectivity index (χ1v) is 12.2. The van der Waals surface area contributed by atoms with Crippen molar-refractivity contribution in [2.45, 2.75) is 52.1 Å². The Kier molecular flexibility index (Phi) is 9.72. The second-order valence-corrected chi connectivity index (χ2v) is 9.10. The summed E-state index contributed by atoms with van der Waals surface area (Å²) in [6.07, 6.45) is 2.52. The van der Waals surface area contributed by atoms with Crippen LogP contribution in [0.1, 0.15) is 42.0 Å². The summed E-state index contributed by atoms with van der Waals surface area (Å²) >= 11 is 6.15. The zero-order valence-electron chi connectivity index (χ0n) is 20.0. The highest BCUT2D eigenvalue weighted by molar-refractivity contribution is 6.30. The molecule has 0 spiro atoms. The van der Waals surface area contributed by atoms with E-state index in [9.17, 15) is 9.59 Å². The highest BCUT2D eigenvalue weighted by Gasteiger charge is 2.30. The third-order valence-electron chi connectivity index (χ3n) is 5.82. The second-order valence-electron chi connectivity index (χ2n) is 8.66. The van der Waals surface area contributed by atoms with Gasteiger partial charge in [0.1, 0.15) is 6.04 Å². The molecule has 34 heavy (non-hydrogen) atoms. The molecule has 0 saturated carbocycles. The van der Waals surface area contributed by atoms with Crippen LogP contribution < -0.4 is 5.32 Å². The fraction of sp³-hybridized carbons (Fsp3) is 0.310. The van der Waals surface area contributed by atoms with Gasteiger partial charge in [0.05, 0.1) is 6.42 Å². The van der Waals surface area contributed by atoms with Gasteiger partial charge in [-0.05, 0) is 42.2 Å².